The van der Waals surface area contributed by atoms with Crippen LogP contribution in [0.25, 0.3) is 0 Å². The molecule has 0 saturated heterocycles. The number of hydrogen-bond donors (Lipinski definition) is 0. The molecule has 1 rings (SSSR count). The first-order valence-electron chi connectivity index (χ1n) is 6.93. The lowest BCUT2D eigenvalue weighted by molar-refractivity contribution is -0.123. The summed E-state index contributed by atoms with van der Waals surface area (Å²) in [5, 5.41) is -0.182. The van der Waals surface area contributed by atoms with Gasteiger partial charge in [-0.2, -0.15) is 0 Å². The van der Waals surface area contributed by atoms with Crippen LogP contribution in [0.5, 0.6) is 0 Å². The van der Waals surface area contributed by atoms with E-state index in [1.807, 2.05) is 0 Å². The van der Waals surface area contributed by atoms with E-state index in [-0.39, 0.29) is 22.2 Å². The van der Waals surface area contributed by atoms with E-state index in [9.17, 15) is 9.59 Å². The summed E-state index contributed by atoms with van der Waals surface area (Å²) in [7, 11) is -1.14. The molecule has 0 aliphatic heterocycles. The molecule has 2 nitrogen and oxygen atoms in total. The quantitative estimate of drug-likeness (QED) is 0.434. The Kier molecular flexibility index (Phi) is 6.14. The van der Waals surface area contributed by atoms with Crippen molar-refractivity contribution in [3.8, 4) is 0 Å². The van der Waals surface area contributed by atoms with E-state index in [2.05, 4.69) is 19.6 Å². The second-order valence-electron chi connectivity index (χ2n) is 6.67. The van der Waals surface area contributed by atoms with E-state index in [1.165, 1.54) is 32.0 Å². The maximum Gasteiger partial charge on any atom is 0.150 e. The highest BCUT2D eigenvalue weighted by molar-refractivity contribution is 8.02. The minimum atomic E-state index is -1.14. The summed E-state index contributed by atoms with van der Waals surface area (Å²) in [6.45, 7) is 10.2. The smallest absolute Gasteiger partial charge is 0.150 e. The van der Waals surface area contributed by atoms with E-state index in [1.54, 1.807) is 0 Å². The van der Waals surface area contributed by atoms with Crippen LogP contribution in [0.1, 0.15) is 33.1 Å². The van der Waals surface area contributed by atoms with Crippen molar-refractivity contribution in [3.05, 3.63) is 0 Å². The lowest BCUT2D eigenvalue weighted by Gasteiger charge is -2.39. The minimum absolute atomic E-state index is 0.0475. The van der Waals surface area contributed by atoms with Gasteiger partial charge in [0.15, 0.2) is 0 Å². The van der Waals surface area contributed by atoms with Gasteiger partial charge >= 0.3 is 0 Å². The van der Waals surface area contributed by atoms with Crippen LogP contribution in [0.4, 0.5) is 0 Å². The predicted molar refractivity (Wildman–Crippen MR) is 87.1 cm³/mol. The second-order valence-corrected chi connectivity index (χ2v) is 14.1. The van der Waals surface area contributed by atoms with Crippen LogP contribution in [-0.2, 0) is 9.59 Å². The van der Waals surface area contributed by atoms with Crippen LogP contribution in [0.3, 0.4) is 0 Å². The van der Waals surface area contributed by atoms with Crippen molar-refractivity contribution in [1.82, 2.24) is 0 Å². The molecule has 3 unspecified atom stereocenters. The third-order valence-corrected chi connectivity index (χ3v) is 9.44. The average Bonchev–Trinajstić information content (AvgIpc) is 2.24. The maximum absolute atomic E-state index is 11.5. The van der Waals surface area contributed by atoms with Crippen molar-refractivity contribution in [1.29, 1.82) is 0 Å². The van der Waals surface area contributed by atoms with Crippen LogP contribution in [0.2, 0.25) is 25.2 Å². The Morgan fingerprint density at radius 2 is 1.68 bits per heavy atom. The molecule has 19 heavy (non-hydrogen) atoms. The predicted octanol–water partition coefficient (Wildman–Crippen LogP) is 4.13. The number of carbonyl (C=O) groups excluding carboxylic acids is 2. The molecule has 0 radical (unpaired) electrons. The van der Waals surface area contributed by atoms with Crippen molar-refractivity contribution < 1.29 is 9.59 Å². The molecule has 0 heterocycles. The number of alkyl halides is 1. The van der Waals surface area contributed by atoms with Crippen LogP contribution in [0.15, 0.2) is 0 Å². The fourth-order valence-electron chi connectivity index (χ4n) is 2.68. The highest BCUT2D eigenvalue weighted by Gasteiger charge is 2.38. The third-order valence-electron chi connectivity index (χ3n) is 3.99. The first kappa shape index (κ1) is 17.2. The SMILES string of the molecule is CC(=O)C(SC1CCC([Si](C)(C)C)CC1Cl)C(C)=O. The van der Waals surface area contributed by atoms with Crippen molar-refractivity contribution >= 4 is 43.0 Å². The number of carbonyl (C=O) groups is 2. The van der Waals surface area contributed by atoms with E-state index in [4.69, 9.17) is 11.6 Å². The first-order chi connectivity index (χ1) is 8.62. The molecule has 3 atom stereocenters. The molecule has 1 aliphatic rings. The Labute approximate surface area is 127 Å². The molecular formula is C14H25ClO2SSi. The average molecular weight is 321 g/mol. The molecule has 1 saturated carbocycles. The molecular weight excluding hydrogens is 296 g/mol. The van der Waals surface area contributed by atoms with Gasteiger partial charge in [0.05, 0.1) is 0 Å². The molecule has 0 N–H and O–H groups in total. The van der Waals surface area contributed by atoms with Gasteiger partial charge in [-0.1, -0.05) is 26.1 Å². The van der Waals surface area contributed by atoms with E-state index in [0.29, 0.717) is 0 Å². The van der Waals surface area contributed by atoms with Gasteiger partial charge in [0.25, 0.3) is 0 Å². The van der Waals surface area contributed by atoms with E-state index < -0.39 is 13.3 Å². The number of halogens is 1. The van der Waals surface area contributed by atoms with Crippen LogP contribution in [0, 0.1) is 0 Å². The van der Waals surface area contributed by atoms with Gasteiger partial charge in [-0.05, 0) is 32.2 Å². The van der Waals surface area contributed by atoms with Crippen molar-refractivity contribution in [2.45, 2.75) is 74.2 Å². The highest BCUT2D eigenvalue weighted by atomic mass is 35.5. The molecule has 110 valence electrons. The maximum atomic E-state index is 11.5. The van der Waals surface area contributed by atoms with Crippen LogP contribution < -0.4 is 0 Å². The topological polar surface area (TPSA) is 34.1 Å². The monoisotopic (exact) mass is 320 g/mol. The lowest BCUT2D eigenvalue weighted by atomic mass is 9.99. The molecule has 0 amide bonds. The second kappa shape index (κ2) is 6.77. The van der Waals surface area contributed by atoms with Crippen molar-refractivity contribution in [3.63, 3.8) is 0 Å². The number of Topliss-reactive ketones (excluding diaryl/α,β-unsaturated/α-hetero) is 2. The third kappa shape index (κ3) is 4.90. The number of thioether (sulfide) groups is 1. The molecule has 0 aromatic rings. The standard InChI is InChI=1S/C14H25ClO2SSi/c1-9(16)14(10(2)17)18-13-7-6-11(8-12(13)15)19(3,4)5/h11-14H,6-8H2,1-5H3. The molecule has 1 aliphatic carbocycles. The van der Waals surface area contributed by atoms with Gasteiger partial charge in [-0.15, -0.1) is 23.4 Å². The summed E-state index contributed by atoms with van der Waals surface area (Å²) in [6.07, 6.45) is 3.27. The zero-order valence-electron chi connectivity index (χ0n) is 12.5. The first-order valence-corrected chi connectivity index (χ1v) is 11.9. The number of ketones is 2. The molecule has 1 fully saturated rings. The molecule has 5 heteroatoms. The van der Waals surface area contributed by atoms with Crippen molar-refractivity contribution in [2.24, 2.45) is 0 Å². The summed E-state index contributed by atoms with van der Waals surface area (Å²) in [5.41, 5.74) is 0.764. The Balaban J connectivity index is 2.63. The van der Waals surface area contributed by atoms with Gasteiger partial charge in [-0.3, -0.25) is 9.59 Å². The summed E-state index contributed by atoms with van der Waals surface area (Å²) in [4.78, 5) is 23.0. The summed E-state index contributed by atoms with van der Waals surface area (Å²) < 4.78 is 0. The Morgan fingerprint density at radius 3 is 2.05 bits per heavy atom. The summed E-state index contributed by atoms with van der Waals surface area (Å²) >= 11 is 8.00. The largest absolute Gasteiger partial charge is 0.298 e. The fraction of sp³-hybridized carbons (Fsp3) is 0.857. The van der Waals surface area contributed by atoms with Crippen LogP contribution >= 0.6 is 23.4 Å². The zero-order valence-corrected chi connectivity index (χ0v) is 15.1. The summed E-state index contributed by atoms with van der Waals surface area (Å²) in [5.74, 6) is -0.0950. The molecule has 0 aromatic carbocycles. The van der Waals surface area contributed by atoms with E-state index in [0.717, 1.165) is 18.4 Å². The van der Waals surface area contributed by atoms with Gasteiger partial charge in [0.1, 0.15) is 16.8 Å². The van der Waals surface area contributed by atoms with E-state index >= 15 is 0 Å². The Hall–Kier alpha value is 0.197. The number of rotatable bonds is 5. The lowest BCUT2D eigenvalue weighted by Crippen LogP contribution is -2.38. The minimum Gasteiger partial charge on any atom is -0.298 e. The molecule has 0 spiro atoms. The fourth-order valence-corrected chi connectivity index (χ4v) is 6.63. The Bertz CT molecular complexity index is 340. The summed E-state index contributed by atoms with van der Waals surface area (Å²) in [6, 6.07) is 0. The molecule has 0 bridgehead atoms. The Morgan fingerprint density at radius 1 is 1.16 bits per heavy atom. The van der Waals surface area contributed by atoms with Crippen LogP contribution in [-0.4, -0.2) is 35.5 Å². The van der Waals surface area contributed by atoms with Gasteiger partial charge in [0, 0.05) is 18.7 Å². The van der Waals surface area contributed by atoms with Crippen molar-refractivity contribution in [2.75, 3.05) is 0 Å². The van der Waals surface area contributed by atoms with Gasteiger partial charge in [0.2, 0.25) is 0 Å². The van der Waals surface area contributed by atoms with Gasteiger partial charge in [-0.25, -0.2) is 0 Å². The normalized spacial score (nSPS) is 28.5. The zero-order chi connectivity index (χ0) is 14.8. The molecule has 0 aromatic heterocycles. The highest BCUT2D eigenvalue weighted by Crippen LogP contribution is 2.44. The van der Waals surface area contributed by atoms with Gasteiger partial charge < -0.3 is 0 Å². The number of hydrogen-bond acceptors (Lipinski definition) is 3.